The second-order valence-corrected chi connectivity index (χ2v) is 8.40. The van der Waals surface area contributed by atoms with E-state index < -0.39 is 8.80 Å². The smallest absolute Gasteiger partial charge is 0.127 e. The zero-order chi connectivity index (χ0) is 16.2. The molecule has 119 valence electrons. The Morgan fingerprint density at radius 2 is 1.71 bits per heavy atom. The van der Waals surface area contributed by atoms with Crippen LogP contribution >= 0.6 is 0 Å². The molecule has 0 fully saturated rings. The summed E-state index contributed by atoms with van der Waals surface area (Å²) in [5, 5.41) is 1.37. The van der Waals surface area contributed by atoms with Crippen molar-refractivity contribution in [2.75, 3.05) is 0 Å². The average molecular weight is 365 g/mol. The molecule has 1 unspecified atom stereocenters. The van der Waals surface area contributed by atoms with E-state index >= 15 is 0 Å². The van der Waals surface area contributed by atoms with E-state index in [-0.39, 0.29) is 21.7 Å². The molecule has 0 bridgehead atoms. The number of rotatable bonds is 5. The molecule has 3 heteroatoms. The summed E-state index contributed by atoms with van der Waals surface area (Å²) in [4.78, 5) is 0. The van der Waals surface area contributed by atoms with E-state index in [9.17, 15) is 0 Å². The van der Waals surface area contributed by atoms with Crippen LogP contribution in [0.4, 0.5) is 0 Å². The summed E-state index contributed by atoms with van der Waals surface area (Å²) in [7, 11) is -0.695. The molecule has 0 N–H and O–H groups in total. The summed E-state index contributed by atoms with van der Waals surface area (Å²) < 4.78 is 6.17. The molecular weight excluding hydrogens is 344 g/mol. The number of hydrogen-bond acceptors (Lipinski definition) is 1. The second kappa shape index (κ2) is 8.48. The Morgan fingerprint density at radius 1 is 1.04 bits per heavy atom. The van der Waals surface area contributed by atoms with Crippen molar-refractivity contribution in [2.45, 2.75) is 19.0 Å². The van der Waals surface area contributed by atoms with Crippen LogP contribution in [0, 0.1) is 0 Å². The van der Waals surface area contributed by atoms with Gasteiger partial charge in [-0.25, -0.2) is 0 Å². The van der Waals surface area contributed by atoms with Gasteiger partial charge in [-0.15, -0.1) is 0 Å². The SMILES string of the molecule is C=CC(Oc1ccccc1)=C(C1C=Cc2ccccc21)[Si](C)C.[Ti]. The first-order valence-corrected chi connectivity index (χ1v) is 10.4. The number of allylic oxidation sites excluding steroid dienone is 3. The van der Waals surface area contributed by atoms with Crippen molar-refractivity contribution in [3.63, 3.8) is 0 Å². The molecule has 1 aliphatic rings. The fourth-order valence-corrected chi connectivity index (χ4v) is 4.55. The van der Waals surface area contributed by atoms with E-state index in [1.165, 1.54) is 16.3 Å². The molecule has 2 aromatic rings. The number of hydrogen-bond donors (Lipinski definition) is 0. The molecule has 2 aromatic carbocycles. The van der Waals surface area contributed by atoms with E-state index in [1.807, 2.05) is 36.4 Å². The van der Waals surface area contributed by atoms with Gasteiger partial charge in [0, 0.05) is 27.6 Å². The standard InChI is InChI=1S/C21H21OSi.Ti/c1-4-20(22-17-11-6-5-7-12-17)21(23(2)3)19-15-14-16-10-8-9-13-18(16)19;/h4-15,19H,1H2,2-3H3;. The molecule has 1 nitrogen and oxygen atoms in total. The minimum absolute atomic E-state index is 0. The fraction of sp³-hybridized carbons (Fsp3) is 0.143. The molecule has 1 aliphatic carbocycles. The van der Waals surface area contributed by atoms with Gasteiger partial charge in [0.25, 0.3) is 0 Å². The van der Waals surface area contributed by atoms with Crippen molar-refractivity contribution in [3.05, 3.63) is 95.4 Å². The topological polar surface area (TPSA) is 9.23 Å². The van der Waals surface area contributed by atoms with Crippen LogP contribution in [0.2, 0.25) is 13.1 Å². The first-order valence-electron chi connectivity index (χ1n) is 7.88. The molecular formula is C21H21OSiTi. The van der Waals surface area contributed by atoms with Crippen molar-refractivity contribution in [3.8, 4) is 5.75 Å². The molecule has 0 heterocycles. The van der Waals surface area contributed by atoms with Gasteiger partial charge in [-0.05, 0) is 34.5 Å². The minimum Gasteiger partial charge on any atom is -0.458 e. The molecule has 0 spiro atoms. The van der Waals surface area contributed by atoms with Gasteiger partial charge in [0.15, 0.2) is 0 Å². The Kier molecular flexibility index (Phi) is 6.61. The summed E-state index contributed by atoms with van der Waals surface area (Å²) >= 11 is 0. The summed E-state index contributed by atoms with van der Waals surface area (Å²) in [6, 6.07) is 18.5. The predicted molar refractivity (Wildman–Crippen MR) is 100.0 cm³/mol. The third-order valence-electron chi connectivity index (χ3n) is 4.07. The Bertz CT molecular complexity index is 762. The van der Waals surface area contributed by atoms with E-state index in [1.54, 1.807) is 0 Å². The fourth-order valence-electron chi connectivity index (χ4n) is 3.03. The van der Waals surface area contributed by atoms with Crippen molar-refractivity contribution >= 4 is 14.9 Å². The number of fused-ring (bicyclic) bond motifs is 1. The van der Waals surface area contributed by atoms with Crippen molar-refractivity contribution in [1.82, 2.24) is 0 Å². The van der Waals surface area contributed by atoms with E-state index in [2.05, 4.69) is 56.1 Å². The van der Waals surface area contributed by atoms with Gasteiger partial charge in [0.05, 0.1) is 8.80 Å². The van der Waals surface area contributed by atoms with Crippen LogP contribution in [-0.4, -0.2) is 8.80 Å². The van der Waals surface area contributed by atoms with E-state index in [0.29, 0.717) is 5.92 Å². The largest absolute Gasteiger partial charge is 0.458 e. The van der Waals surface area contributed by atoms with E-state index in [4.69, 9.17) is 4.74 Å². The Hall–Kier alpha value is -1.61. The van der Waals surface area contributed by atoms with Crippen LogP contribution in [0.1, 0.15) is 17.0 Å². The molecule has 1 atom stereocenters. The number of para-hydroxylation sites is 1. The average Bonchev–Trinajstić information content (AvgIpc) is 2.99. The molecule has 3 rings (SSSR count). The Balaban J connectivity index is 0.00000208. The van der Waals surface area contributed by atoms with Crippen molar-refractivity contribution < 1.29 is 26.5 Å². The van der Waals surface area contributed by atoms with Crippen LogP contribution in [-0.2, 0) is 21.7 Å². The summed E-state index contributed by atoms with van der Waals surface area (Å²) in [6.45, 7) is 8.62. The van der Waals surface area contributed by atoms with Crippen LogP contribution in [0.3, 0.4) is 0 Å². The molecule has 1 radical (unpaired) electrons. The van der Waals surface area contributed by atoms with Crippen LogP contribution < -0.4 is 4.74 Å². The molecule has 0 saturated carbocycles. The van der Waals surface area contributed by atoms with Crippen LogP contribution in [0.5, 0.6) is 5.75 Å². The van der Waals surface area contributed by atoms with Gasteiger partial charge in [0.1, 0.15) is 11.5 Å². The normalized spacial score (nSPS) is 16.2. The molecule has 0 aliphatic heterocycles. The van der Waals surface area contributed by atoms with Gasteiger partial charge < -0.3 is 4.74 Å². The van der Waals surface area contributed by atoms with Gasteiger partial charge in [-0.1, -0.05) is 74.3 Å². The van der Waals surface area contributed by atoms with Crippen molar-refractivity contribution in [2.24, 2.45) is 0 Å². The first kappa shape index (κ1) is 18.7. The molecule has 0 saturated heterocycles. The first-order chi connectivity index (χ1) is 11.2. The zero-order valence-electron chi connectivity index (χ0n) is 14.1. The Labute approximate surface area is 161 Å². The minimum atomic E-state index is -0.695. The van der Waals surface area contributed by atoms with E-state index in [0.717, 1.165) is 11.5 Å². The monoisotopic (exact) mass is 365 g/mol. The maximum absolute atomic E-state index is 6.17. The van der Waals surface area contributed by atoms with Crippen LogP contribution in [0.25, 0.3) is 6.08 Å². The van der Waals surface area contributed by atoms with Gasteiger partial charge >= 0.3 is 0 Å². The predicted octanol–water partition coefficient (Wildman–Crippen LogP) is 5.61. The quantitative estimate of drug-likeness (QED) is 0.380. The summed E-state index contributed by atoms with van der Waals surface area (Å²) in [5.74, 6) is 2.06. The maximum atomic E-state index is 6.17. The van der Waals surface area contributed by atoms with Crippen molar-refractivity contribution in [1.29, 1.82) is 0 Å². The summed E-state index contributed by atoms with van der Waals surface area (Å²) in [6.07, 6.45) is 6.36. The maximum Gasteiger partial charge on any atom is 0.127 e. The third kappa shape index (κ3) is 3.89. The molecule has 24 heavy (non-hydrogen) atoms. The second-order valence-electron chi connectivity index (χ2n) is 5.86. The van der Waals surface area contributed by atoms with Gasteiger partial charge in [-0.2, -0.15) is 0 Å². The van der Waals surface area contributed by atoms with Gasteiger partial charge in [-0.3, -0.25) is 0 Å². The molecule has 0 aromatic heterocycles. The van der Waals surface area contributed by atoms with Crippen LogP contribution in [0.15, 0.2) is 84.3 Å². The Morgan fingerprint density at radius 3 is 2.38 bits per heavy atom. The molecule has 0 amide bonds. The number of benzene rings is 2. The number of ether oxygens (including phenoxy) is 1. The van der Waals surface area contributed by atoms with Gasteiger partial charge in [0.2, 0.25) is 0 Å². The zero-order valence-corrected chi connectivity index (χ0v) is 16.7. The summed E-state index contributed by atoms with van der Waals surface area (Å²) in [5.41, 5.74) is 2.67. The third-order valence-corrected chi connectivity index (χ3v) is 5.71.